The monoisotopic (exact) mass is 356 g/mol. The summed E-state index contributed by atoms with van der Waals surface area (Å²) in [6.45, 7) is 7.94. The summed E-state index contributed by atoms with van der Waals surface area (Å²) >= 11 is 0. The average Bonchev–Trinajstić information content (AvgIpc) is 2.86. The summed E-state index contributed by atoms with van der Waals surface area (Å²) < 4.78 is 12.3. The van der Waals surface area contributed by atoms with Crippen LogP contribution >= 0.6 is 0 Å². The molecule has 0 radical (unpaired) electrons. The number of fused-ring (bicyclic) bond motifs is 3. The number of carbonyl (C=O) groups is 1. The number of methoxy groups -OCH3 is 1. The van der Waals surface area contributed by atoms with E-state index in [2.05, 4.69) is 4.98 Å². The van der Waals surface area contributed by atoms with Crippen LogP contribution in [0.25, 0.3) is 21.8 Å². The highest BCUT2D eigenvalue weighted by molar-refractivity contribution is 6.12. The predicted octanol–water partition coefficient (Wildman–Crippen LogP) is 4.43. The maximum absolute atomic E-state index is 12.8. The molecule has 0 aliphatic heterocycles. The first-order chi connectivity index (χ1) is 12.2. The van der Waals surface area contributed by atoms with Crippen molar-refractivity contribution in [2.75, 3.05) is 13.7 Å². The van der Waals surface area contributed by atoms with Crippen molar-refractivity contribution < 1.29 is 19.4 Å². The van der Waals surface area contributed by atoms with Crippen LogP contribution < -0.4 is 0 Å². The Balaban J connectivity index is 2.27. The van der Waals surface area contributed by atoms with Crippen LogP contribution in [-0.2, 0) is 9.47 Å². The molecule has 0 fully saturated rings. The smallest absolute Gasteiger partial charge is 0.419 e. The first-order valence-electron chi connectivity index (χ1n) is 8.56. The molecule has 0 amide bonds. The Morgan fingerprint density at radius 2 is 2.00 bits per heavy atom. The number of pyridine rings is 1. The van der Waals surface area contributed by atoms with Gasteiger partial charge in [-0.25, -0.2) is 9.36 Å². The molecular formula is C20H24N2O4. The summed E-state index contributed by atoms with van der Waals surface area (Å²) in [4.78, 5) is 17.0. The second-order valence-corrected chi connectivity index (χ2v) is 7.49. The van der Waals surface area contributed by atoms with Crippen LogP contribution in [0.3, 0.4) is 0 Å². The van der Waals surface area contributed by atoms with Crippen molar-refractivity contribution >= 4 is 27.9 Å². The number of aromatic nitrogens is 2. The average molecular weight is 356 g/mol. The lowest BCUT2D eigenvalue weighted by Crippen LogP contribution is -2.27. The number of ether oxygens (including phenoxy) is 2. The number of hydrogen-bond donors (Lipinski definition) is 1. The highest BCUT2D eigenvalue weighted by Gasteiger charge is 2.24. The number of nitrogens with zero attached hydrogens (tertiary/aromatic N) is 2. The molecule has 3 aromatic rings. The molecule has 0 saturated carbocycles. The van der Waals surface area contributed by atoms with Gasteiger partial charge in [0.1, 0.15) is 11.4 Å². The third-order valence-electron chi connectivity index (χ3n) is 4.24. The van der Waals surface area contributed by atoms with Gasteiger partial charge in [0, 0.05) is 42.3 Å². The van der Waals surface area contributed by atoms with Crippen molar-refractivity contribution in [1.29, 1.82) is 0 Å². The zero-order chi connectivity index (χ0) is 19.1. The summed E-state index contributed by atoms with van der Waals surface area (Å²) in [5.41, 5.74) is 1.43. The standard InChI is InChI=1S/C20H24N2O4/c1-12(11-25-5)13-8-14-15-10-21-7-6-16(15)22(17(14)9-18(13)23)19(24)26-20(2,3)4/h6-10,12,23H,11H2,1-5H3. The highest BCUT2D eigenvalue weighted by Crippen LogP contribution is 2.36. The molecule has 0 aliphatic carbocycles. The third-order valence-corrected chi connectivity index (χ3v) is 4.24. The lowest BCUT2D eigenvalue weighted by atomic mass is 9.98. The Kier molecular flexibility index (Phi) is 4.63. The van der Waals surface area contributed by atoms with E-state index in [-0.39, 0.29) is 11.7 Å². The zero-order valence-electron chi connectivity index (χ0n) is 15.7. The van der Waals surface area contributed by atoms with Gasteiger partial charge in [0.05, 0.1) is 17.6 Å². The summed E-state index contributed by atoms with van der Waals surface area (Å²) in [5, 5.41) is 12.2. The fourth-order valence-corrected chi connectivity index (χ4v) is 3.15. The fraction of sp³-hybridized carbons (Fsp3) is 0.400. The Bertz CT molecular complexity index is 969. The number of phenols is 1. The van der Waals surface area contributed by atoms with Crippen LogP contribution in [0, 0.1) is 0 Å². The van der Waals surface area contributed by atoms with Crippen LogP contribution in [0.4, 0.5) is 4.79 Å². The molecular weight excluding hydrogens is 332 g/mol. The van der Waals surface area contributed by atoms with Gasteiger partial charge in [-0.1, -0.05) is 6.92 Å². The van der Waals surface area contributed by atoms with E-state index >= 15 is 0 Å². The second-order valence-electron chi connectivity index (χ2n) is 7.49. The zero-order valence-corrected chi connectivity index (χ0v) is 15.7. The molecule has 3 rings (SSSR count). The maximum Gasteiger partial charge on any atom is 0.419 e. The second kappa shape index (κ2) is 6.61. The maximum atomic E-state index is 12.8. The van der Waals surface area contributed by atoms with Gasteiger partial charge in [-0.3, -0.25) is 4.98 Å². The highest BCUT2D eigenvalue weighted by atomic mass is 16.6. The van der Waals surface area contributed by atoms with Crippen molar-refractivity contribution in [2.45, 2.75) is 39.2 Å². The molecule has 1 aromatic carbocycles. The van der Waals surface area contributed by atoms with Gasteiger partial charge in [-0.2, -0.15) is 0 Å². The van der Waals surface area contributed by atoms with E-state index in [0.29, 0.717) is 17.6 Å². The minimum absolute atomic E-state index is 0.0148. The normalized spacial score (nSPS) is 13.3. The van der Waals surface area contributed by atoms with E-state index in [1.54, 1.807) is 31.6 Å². The first kappa shape index (κ1) is 18.2. The van der Waals surface area contributed by atoms with Gasteiger partial charge in [0.2, 0.25) is 0 Å². The summed E-state index contributed by atoms with van der Waals surface area (Å²) in [7, 11) is 1.63. The third kappa shape index (κ3) is 3.24. The van der Waals surface area contributed by atoms with Gasteiger partial charge in [-0.15, -0.1) is 0 Å². The molecule has 0 aliphatic rings. The number of carbonyl (C=O) groups excluding carboxylic acids is 1. The van der Waals surface area contributed by atoms with Crippen LogP contribution in [0.15, 0.2) is 30.6 Å². The van der Waals surface area contributed by atoms with Gasteiger partial charge in [-0.05, 0) is 38.5 Å². The number of benzene rings is 1. The minimum Gasteiger partial charge on any atom is -0.508 e. The molecule has 6 nitrogen and oxygen atoms in total. The number of phenolic OH excluding ortho intramolecular Hbond substituents is 1. The van der Waals surface area contributed by atoms with Crippen molar-refractivity contribution in [3.8, 4) is 5.75 Å². The molecule has 1 atom stereocenters. The Labute approximate surface area is 152 Å². The van der Waals surface area contributed by atoms with Crippen LogP contribution in [-0.4, -0.2) is 40.1 Å². The number of aromatic hydroxyl groups is 1. The van der Waals surface area contributed by atoms with Gasteiger partial charge >= 0.3 is 6.09 Å². The molecule has 0 saturated heterocycles. The number of hydrogen-bond acceptors (Lipinski definition) is 5. The van der Waals surface area contributed by atoms with E-state index in [1.165, 1.54) is 4.57 Å². The van der Waals surface area contributed by atoms with Crippen LogP contribution in [0.5, 0.6) is 5.75 Å². The quantitative estimate of drug-likeness (QED) is 0.751. The predicted molar refractivity (Wildman–Crippen MR) is 101 cm³/mol. The molecule has 6 heteroatoms. The Morgan fingerprint density at radius 1 is 1.27 bits per heavy atom. The van der Waals surface area contributed by atoms with E-state index in [4.69, 9.17) is 9.47 Å². The van der Waals surface area contributed by atoms with Crippen molar-refractivity contribution in [3.63, 3.8) is 0 Å². The topological polar surface area (TPSA) is 73.6 Å². The Morgan fingerprint density at radius 3 is 2.65 bits per heavy atom. The van der Waals surface area contributed by atoms with E-state index in [1.807, 2.05) is 33.8 Å². The van der Waals surface area contributed by atoms with Crippen molar-refractivity contribution in [1.82, 2.24) is 9.55 Å². The lowest BCUT2D eigenvalue weighted by molar-refractivity contribution is 0.0551. The molecule has 0 spiro atoms. The minimum atomic E-state index is -0.623. The summed E-state index contributed by atoms with van der Waals surface area (Å²) in [6, 6.07) is 5.29. The van der Waals surface area contributed by atoms with Crippen LogP contribution in [0.1, 0.15) is 39.2 Å². The van der Waals surface area contributed by atoms with Crippen molar-refractivity contribution in [2.24, 2.45) is 0 Å². The molecule has 1 N–H and O–H groups in total. The SMILES string of the molecule is COCC(C)c1cc2c3cnccc3n(C(=O)OC(C)(C)C)c2cc1O. The first-order valence-corrected chi connectivity index (χ1v) is 8.56. The summed E-state index contributed by atoms with van der Waals surface area (Å²) in [6.07, 6.45) is 2.87. The molecule has 0 bridgehead atoms. The Hall–Kier alpha value is -2.60. The van der Waals surface area contributed by atoms with E-state index in [9.17, 15) is 9.90 Å². The molecule has 26 heavy (non-hydrogen) atoms. The van der Waals surface area contributed by atoms with Crippen molar-refractivity contribution in [3.05, 3.63) is 36.2 Å². The van der Waals surface area contributed by atoms with E-state index in [0.717, 1.165) is 16.3 Å². The van der Waals surface area contributed by atoms with Gasteiger partial charge in [0.15, 0.2) is 0 Å². The fourth-order valence-electron chi connectivity index (χ4n) is 3.15. The lowest BCUT2D eigenvalue weighted by Gasteiger charge is -2.20. The largest absolute Gasteiger partial charge is 0.508 e. The van der Waals surface area contributed by atoms with Gasteiger partial charge < -0.3 is 14.6 Å². The molecule has 138 valence electrons. The van der Waals surface area contributed by atoms with Gasteiger partial charge in [0.25, 0.3) is 0 Å². The molecule has 2 heterocycles. The molecule has 1 unspecified atom stereocenters. The van der Waals surface area contributed by atoms with E-state index < -0.39 is 11.7 Å². The number of rotatable bonds is 3. The summed E-state index contributed by atoms with van der Waals surface area (Å²) in [5.74, 6) is 0.142. The van der Waals surface area contributed by atoms with Crippen LogP contribution in [0.2, 0.25) is 0 Å². The molecule has 2 aromatic heterocycles.